The molecule has 2 aromatic rings. The Bertz CT molecular complexity index is 1090. The van der Waals surface area contributed by atoms with Crippen molar-refractivity contribution in [1.29, 1.82) is 0 Å². The maximum atomic E-state index is 13.2. The number of piperidine rings is 1. The van der Waals surface area contributed by atoms with E-state index in [1.54, 1.807) is 6.92 Å². The quantitative estimate of drug-likeness (QED) is 0.618. The second kappa shape index (κ2) is 9.29. The molecule has 3 rings (SSSR count). The number of aliphatic hydroxyl groups is 1. The van der Waals surface area contributed by atoms with E-state index in [2.05, 4.69) is 16.9 Å². The molecule has 0 atom stereocenters. The van der Waals surface area contributed by atoms with Crippen molar-refractivity contribution in [1.82, 2.24) is 19.8 Å². The molecule has 1 aliphatic rings. The number of hydrogen-bond acceptors (Lipinski definition) is 6. The Morgan fingerprint density at radius 2 is 1.97 bits per heavy atom. The van der Waals surface area contributed by atoms with Crippen LogP contribution in [-0.2, 0) is 12.7 Å². The van der Waals surface area contributed by atoms with Crippen LogP contribution in [0.15, 0.2) is 29.3 Å². The number of pyridine rings is 2. The van der Waals surface area contributed by atoms with Gasteiger partial charge in [0.1, 0.15) is 17.0 Å². The van der Waals surface area contributed by atoms with Gasteiger partial charge in [-0.3, -0.25) is 14.2 Å². The molecule has 0 aliphatic carbocycles. The van der Waals surface area contributed by atoms with Crippen molar-refractivity contribution in [3.63, 3.8) is 0 Å². The van der Waals surface area contributed by atoms with E-state index < -0.39 is 34.5 Å². The standard InChI is InChI=1S/C21H25F3N4O4/c1-3-12(2)26-19(31)16-17(30)15-10-13(21(22,23)24)11-25-18(15)28(20(16)32)9-8-27-6-4-14(29)5-7-27/h10-11,14,29-30H,2-9H2,1H3,(H,26,31). The number of likely N-dealkylation sites (tertiary alicyclic amines) is 1. The van der Waals surface area contributed by atoms with Crippen molar-refractivity contribution in [2.45, 2.75) is 45.0 Å². The van der Waals surface area contributed by atoms with Crippen LogP contribution in [0.3, 0.4) is 0 Å². The Kier molecular flexibility index (Phi) is 6.89. The molecule has 0 radical (unpaired) electrons. The fourth-order valence-electron chi connectivity index (χ4n) is 3.58. The molecule has 1 amide bonds. The minimum atomic E-state index is -4.72. The van der Waals surface area contributed by atoms with Gasteiger partial charge in [0.15, 0.2) is 0 Å². The van der Waals surface area contributed by atoms with E-state index in [0.717, 1.165) is 4.57 Å². The van der Waals surface area contributed by atoms with Gasteiger partial charge in [-0.25, -0.2) is 4.98 Å². The molecule has 1 saturated heterocycles. The normalized spacial score (nSPS) is 15.8. The number of carbonyl (C=O) groups is 1. The van der Waals surface area contributed by atoms with Crippen LogP contribution in [0.2, 0.25) is 0 Å². The first-order valence-electron chi connectivity index (χ1n) is 10.2. The van der Waals surface area contributed by atoms with Gasteiger partial charge < -0.3 is 20.4 Å². The van der Waals surface area contributed by atoms with Crippen LogP contribution in [0.25, 0.3) is 11.0 Å². The first kappa shape index (κ1) is 23.7. The molecule has 2 aromatic heterocycles. The fourth-order valence-corrected chi connectivity index (χ4v) is 3.58. The van der Waals surface area contributed by atoms with E-state index in [-0.39, 0.29) is 29.4 Å². The average molecular weight is 454 g/mol. The van der Waals surface area contributed by atoms with Gasteiger partial charge in [0.25, 0.3) is 11.5 Å². The van der Waals surface area contributed by atoms with Gasteiger partial charge in [0.05, 0.1) is 17.1 Å². The minimum Gasteiger partial charge on any atom is -0.506 e. The number of aromatic nitrogens is 2. The molecule has 1 fully saturated rings. The lowest BCUT2D eigenvalue weighted by Crippen LogP contribution is -2.40. The molecule has 32 heavy (non-hydrogen) atoms. The van der Waals surface area contributed by atoms with E-state index >= 15 is 0 Å². The number of rotatable bonds is 6. The van der Waals surface area contributed by atoms with Crippen molar-refractivity contribution in [2.24, 2.45) is 0 Å². The van der Waals surface area contributed by atoms with Gasteiger partial charge in [-0.2, -0.15) is 13.2 Å². The number of fused-ring (bicyclic) bond motifs is 1. The summed E-state index contributed by atoms with van der Waals surface area (Å²) in [5.41, 5.74) is -2.50. The molecule has 1 aliphatic heterocycles. The third kappa shape index (κ3) is 4.94. The number of alkyl halides is 3. The van der Waals surface area contributed by atoms with Crippen LogP contribution < -0.4 is 10.9 Å². The summed E-state index contributed by atoms with van der Waals surface area (Å²) in [6.45, 7) is 6.94. The van der Waals surface area contributed by atoms with Crippen molar-refractivity contribution >= 4 is 16.9 Å². The number of hydrogen-bond donors (Lipinski definition) is 3. The highest BCUT2D eigenvalue weighted by molar-refractivity contribution is 6.02. The highest BCUT2D eigenvalue weighted by Gasteiger charge is 2.33. The maximum Gasteiger partial charge on any atom is 0.417 e. The molecular formula is C21H25F3N4O4. The van der Waals surface area contributed by atoms with E-state index in [1.165, 1.54) is 0 Å². The van der Waals surface area contributed by atoms with Gasteiger partial charge in [0, 0.05) is 38.1 Å². The van der Waals surface area contributed by atoms with Crippen molar-refractivity contribution in [2.75, 3.05) is 19.6 Å². The van der Waals surface area contributed by atoms with Crippen LogP contribution in [-0.4, -0.2) is 56.3 Å². The van der Waals surface area contributed by atoms with Gasteiger partial charge in [-0.05, 0) is 25.3 Å². The summed E-state index contributed by atoms with van der Waals surface area (Å²) < 4.78 is 40.8. The van der Waals surface area contributed by atoms with Crippen molar-refractivity contribution < 1.29 is 28.2 Å². The Morgan fingerprint density at radius 1 is 1.31 bits per heavy atom. The van der Waals surface area contributed by atoms with Crippen LogP contribution in [0, 0.1) is 0 Å². The highest BCUT2D eigenvalue weighted by atomic mass is 19.4. The average Bonchev–Trinajstić information content (AvgIpc) is 2.73. The summed E-state index contributed by atoms with van der Waals surface area (Å²) in [6.07, 6.45) is -2.99. The van der Waals surface area contributed by atoms with Gasteiger partial charge in [-0.1, -0.05) is 13.5 Å². The first-order chi connectivity index (χ1) is 15.0. The van der Waals surface area contributed by atoms with Crippen LogP contribution in [0.4, 0.5) is 13.2 Å². The molecule has 174 valence electrons. The number of amides is 1. The zero-order valence-corrected chi connectivity index (χ0v) is 17.6. The lowest BCUT2D eigenvalue weighted by Gasteiger charge is -2.29. The molecule has 0 bridgehead atoms. The Morgan fingerprint density at radius 3 is 2.56 bits per heavy atom. The van der Waals surface area contributed by atoms with Crippen molar-refractivity contribution in [3.8, 4) is 5.75 Å². The number of allylic oxidation sites excluding steroid dienone is 1. The largest absolute Gasteiger partial charge is 0.506 e. The number of halogens is 3. The Labute approximate surface area is 182 Å². The summed E-state index contributed by atoms with van der Waals surface area (Å²) >= 11 is 0. The van der Waals surface area contributed by atoms with E-state index in [9.17, 15) is 33.0 Å². The maximum absolute atomic E-state index is 13.2. The van der Waals surface area contributed by atoms with E-state index in [1.807, 2.05) is 4.90 Å². The zero-order valence-electron chi connectivity index (χ0n) is 17.6. The van der Waals surface area contributed by atoms with Crippen LogP contribution in [0.1, 0.15) is 42.1 Å². The molecule has 3 heterocycles. The number of aliphatic hydroxyl groups excluding tert-OH is 1. The van der Waals surface area contributed by atoms with Crippen LogP contribution >= 0.6 is 0 Å². The lowest BCUT2D eigenvalue weighted by atomic mass is 10.1. The second-order valence-corrected chi connectivity index (χ2v) is 7.76. The van der Waals surface area contributed by atoms with Crippen molar-refractivity contribution in [3.05, 3.63) is 46.0 Å². The fraction of sp³-hybridized carbons (Fsp3) is 0.476. The molecule has 11 heteroatoms. The number of aromatic hydroxyl groups is 1. The summed E-state index contributed by atoms with van der Waals surface area (Å²) in [5, 5.41) is 22.3. The SMILES string of the molecule is C=C(CC)NC(=O)c1c(O)c2cc(C(F)(F)F)cnc2n(CCN2CCC(O)CC2)c1=O. The summed E-state index contributed by atoms with van der Waals surface area (Å²) in [6, 6.07) is 0.677. The smallest absolute Gasteiger partial charge is 0.417 e. The third-order valence-corrected chi connectivity index (χ3v) is 5.54. The minimum absolute atomic E-state index is 0.0408. The van der Waals surface area contributed by atoms with Crippen LogP contribution in [0.5, 0.6) is 5.75 Å². The topological polar surface area (TPSA) is 108 Å². The molecule has 0 unspecified atom stereocenters. The number of carbonyl (C=O) groups excluding carboxylic acids is 1. The molecule has 0 aromatic carbocycles. The number of nitrogens with zero attached hydrogens (tertiary/aromatic N) is 3. The summed E-state index contributed by atoms with van der Waals surface area (Å²) in [4.78, 5) is 31.6. The predicted molar refractivity (Wildman–Crippen MR) is 111 cm³/mol. The van der Waals surface area contributed by atoms with Gasteiger partial charge >= 0.3 is 6.18 Å². The monoisotopic (exact) mass is 454 g/mol. The number of nitrogens with one attached hydrogen (secondary N) is 1. The second-order valence-electron chi connectivity index (χ2n) is 7.76. The van der Waals surface area contributed by atoms with E-state index in [0.29, 0.717) is 51.2 Å². The zero-order chi connectivity index (χ0) is 23.6. The molecule has 8 nitrogen and oxygen atoms in total. The Balaban J connectivity index is 2.09. The van der Waals surface area contributed by atoms with Gasteiger partial charge in [0.2, 0.25) is 0 Å². The van der Waals surface area contributed by atoms with Gasteiger partial charge in [-0.15, -0.1) is 0 Å². The first-order valence-corrected chi connectivity index (χ1v) is 10.2. The van der Waals surface area contributed by atoms with E-state index in [4.69, 9.17) is 0 Å². The molecule has 3 N–H and O–H groups in total. The summed E-state index contributed by atoms with van der Waals surface area (Å²) in [5.74, 6) is -1.81. The molecule has 0 saturated carbocycles. The molecular weight excluding hydrogens is 429 g/mol. The predicted octanol–water partition coefficient (Wildman–Crippen LogP) is 2.23. The lowest BCUT2D eigenvalue weighted by molar-refractivity contribution is -0.137. The third-order valence-electron chi connectivity index (χ3n) is 5.54. The summed E-state index contributed by atoms with van der Waals surface area (Å²) in [7, 11) is 0. The Hall–Kier alpha value is -2.92. The molecule has 0 spiro atoms. The highest BCUT2D eigenvalue weighted by Crippen LogP contribution is 2.33.